The van der Waals surface area contributed by atoms with Crippen molar-refractivity contribution in [3.63, 3.8) is 0 Å². The van der Waals surface area contributed by atoms with Gasteiger partial charge in [-0.15, -0.1) is 0 Å². The lowest BCUT2D eigenvalue weighted by Crippen LogP contribution is -2.21. The predicted molar refractivity (Wildman–Crippen MR) is 98.7 cm³/mol. The quantitative estimate of drug-likeness (QED) is 0.756. The Morgan fingerprint density at radius 1 is 1.04 bits per heavy atom. The minimum Gasteiger partial charge on any atom is -0.484 e. The van der Waals surface area contributed by atoms with E-state index in [1.54, 1.807) is 0 Å². The van der Waals surface area contributed by atoms with Crippen LogP contribution in [0.2, 0.25) is 5.02 Å². The molecule has 0 saturated heterocycles. The van der Waals surface area contributed by atoms with E-state index in [0.717, 1.165) is 37.4 Å². The summed E-state index contributed by atoms with van der Waals surface area (Å²) in [4.78, 5) is 12.1. The highest BCUT2D eigenvalue weighted by atomic mass is 79.9. The van der Waals surface area contributed by atoms with E-state index in [2.05, 4.69) is 21.2 Å². The van der Waals surface area contributed by atoms with Crippen molar-refractivity contribution in [2.24, 2.45) is 0 Å². The van der Waals surface area contributed by atoms with Gasteiger partial charge < -0.3 is 10.1 Å². The van der Waals surface area contributed by atoms with Crippen molar-refractivity contribution in [1.82, 2.24) is 0 Å². The van der Waals surface area contributed by atoms with Gasteiger partial charge in [0.15, 0.2) is 6.61 Å². The topological polar surface area (TPSA) is 38.3 Å². The maximum atomic E-state index is 12.1. The van der Waals surface area contributed by atoms with Crippen LogP contribution in [0, 0.1) is 27.7 Å². The maximum absolute atomic E-state index is 12.1. The lowest BCUT2D eigenvalue weighted by atomic mass is 10.1. The van der Waals surface area contributed by atoms with Gasteiger partial charge in [0.1, 0.15) is 5.75 Å². The van der Waals surface area contributed by atoms with Crippen LogP contribution in [0.3, 0.4) is 0 Å². The SMILES string of the molecule is Cc1cc(OCC(=O)Nc2c(C)cc(Br)cc2C)cc(C)c1Cl. The number of halogens is 2. The normalized spacial score (nSPS) is 10.5. The summed E-state index contributed by atoms with van der Waals surface area (Å²) in [7, 11) is 0. The number of aryl methyl sites for hydroxylation is 4. The summed E-state index contributed by atoms with van der Waals surface area (Å²) >= 11 is 9.57. The second kappa shape index (κ2) is 7.37. The number of ether oxygens (including phenoxy) is 1. The van der Waals surface area contributed by atoms with Gasteiger partial charge in [-0.25, -0.2) is 0 Å². The molecule has 0 aliphatic carbocycles. The van der Waals surface area contributed by atoms with Crippen LogP contribution >= 0.6 is 27.5 Å². The smallest absolute Gasteiger partial charge is 0.262 e. The Hall–Kier alpha value is -1.52. The van der Waals surface area contributed by atoms with Crippen LogP contribution in [0.25, 0.3) is 0 Å². The zero-order chi connectivity index (χ0) is 17.1. The van der Waals surface area contributed by atoms with E-state index < -0.39 is 0 Å². The Morgan fingerprint density at radius 3 is 2.09 bits per heavy atom. The van der Waals surface area contributed by atoms with Crippen LogP contribution in [-0.2, 0) is 4.79 Å². The zero-order valence-electron chi connectivity index (χ0n) is 13.6. The van der Waals surface area contributed by atoms with Crippen LogP contribution in [0.1, 0.15) is 22.3 Å². The first-order valence-corrected chi connectivity index (χ1v) is 8.41. The standard InChI is InChI=1S/C18H19BrClNO2/c1-10-7-15(8-11(2)17(10)20)23-9-16(22)21-18-12(3)5-14(19)6-13(18)4/h5-8H,9H2,1-4H3,(H,21,22). The van der Waals surface area contributed by atoms with Crippen molar-refractivity contribution in [2.75, 3.05) is 11.9 Å². The second-order valence-electron chi connectivity index (χ2n) is 5.62. The molecule has 0 aliphatic heterocycles. The number of carbonyl (C=O) groups is 1. The van der Waals surface area contributed by atoms with Crippen LogP contribution in [0.5, 0.6) is 5.75 Å². The Labute approximate surface area is 150 Å². The van der Waals surface area contributed by atoms with Crippen LogP contribution < -0.4 is 10.1 Å². The lowest BCUT2D eigenvalue weighted by Gasteiger charge is -2.13. The monoisotopic (exact) mass is 395 g/mol. The lowest BCUT2D eigenvalue weighted by molar-refractivity contribution is -0.118. The highest BCUT2D eigenvalue weighted by molar-refractivity contribution is 9.10. The van der Waals surface area contributed by atoms with E-state index >= 15 is 0 Å². The molecule has 3 nitrogen and oxygen atoms in total. The average molecular weight is 397 g/mol. The van der Waals surface area contributed by atoms with Crippen molar-refractivity contribution in [3.8, 4) is 5.75 Å². The molecule has 0 radical (unpaired) electrons. The Morgan fingerprint density at radius 2 is 1.57 bits per heavy atom. The van der Waals surface area contributed by atoms with Gasteiger partial charge in [0.25, 0.3) is 5.91 Å². The van der Waals surface area contributed by atoms with E-state index in [4.69, 9.17) is 16.3 Å². The summed E-state index contributed by atoms with van der Waals surface area (Å²) in [6, 6.07) is 7.60. The molecule has 1 N–H and O–H groups in total. The Kier molecular flexibility index (Phi) is 5.71. The minimum atomic E-state index is -0.191. The van der Waals surface area contributed by atoms with Crippen LogP contribution in [-0.4, -0.2) is 12.5 Å². The van der Waals surface area contributed by atoms with Gasteiger partial charge in [-0.3, -0.25) is 4.79 Å². The minimum absolute atomic E-state index is 0.0462. The van der Waals surface area contributed by atoms with E-state index in [1.807, 2.05) is 52.0 Å². The molecule has 2 aromatic rings. The highest BCUT2D eigenvalue weighted by Crippen LogP contribution is 2.27. The number of anilines is 1. The first kappa shape index (κ1) is 17.8. The summed E-state index contributed by atoms with van der Waals surface area (Å²) < 4.78 is 6.57. The molecule has 2 aromatic carbocycles. The number of nitrogens with one attached hydrogen (secondary N) is 1. The Bertz CT molecular complexity index is 713. The molecule has 0 heterocycles. The summed E-state index contributed by atoms with van der Waals surface area (Å²) in [6.45, 7) is 7.70. The van der Waals surface area contributed by atoms with E-state index in [-0.39, 0.29) is 12.5 Å². The molecule has 0 saturated carbocycles. The van der Waals surface area contributed by atoms with Crippen LogP contribution in [0.15, 0.2) is 28.7 Å². The number of rotatable bonds is 4. The summed E-state index contributed by atoms with van der Waals surface area (Å²) in [5.74, 6) is 0.451. The van der Waals surface area contributed by atoms with E-state index in [9.17, 15) is 4.79 Å². The fourth-order valence-corrected chi connectivity index (χ4v) is 3.22. The summed E-state index contributed by atoms with van der Waals surface area (Å²) in [5, 5.41) is 3.63. The van der Waals surface area contributed by atoms with Gasteiger partial charge in [-0.05, 0) is 74.2 Å². The van der Waals surface area contributed by atoms with Gasteiger partial charge in [0, 0.05) is 15.2 Å². The molecule has 0 atom stereocenters. The third kappa shape index (κ3) is 4.49. The highest BCUT2D eigenvalue weighted by Gasteiger charge is 2.10. The number of amides is 1. The fourth-order valence-electron chi connectivity index (χ4n) is 2.42. The molecule has 0 unspecified atom stereocenters. The molecule has 0 aromatic heterocycles. The molecule has 2 rings (SSSR count). The van der Waals surface area contributed by atoms with Crippen molar-refractivity contribution >= 4 is 39.1 Å². The summed E-state index contributed by atoms with van der Waals surface area (Å²) in [6.07, 6.45) is 0. The van der Waals surface area contributed by atoms with Gasteiger partial charge >= 0.3 is 0 Å². The first-order valence-electron chi connectivity index (χ1n) is 7.24. The molecule has 122 valence electrons. The van der Waals surface area contributed by atoms with Crippen LogP contribution in [0.4, 0.5) is 5.69 Å². The van der Waals surface area contributed by atoms with Gasteiger partial charge in [0.05, 0.1) is 0 Å². The molecule has 1 amide bonds. The van der Waals surface area contributed by atoms with E-state index in [0.29, 0.717) is 5.75 Å². The number of carbonyl (C=O) groups excluding carboxylic acids is 1. The molecule has 23 heavy (non-hydrogen) atoms. The maximum Gasteiger partial charge on any atom is 0.262 e. The number of hydrogen-bond acceptors (Lipinski definition) is 2. The van der Waals surface area contributed by atoms with Crippen molar-refractivity contribution < 1.29 is 9.53 Å². The van der Waals surface area contributed by atoms with Crippen molar-refractivity contribution in [2.45, 2.75) is 27.7 Å². The van der Waals surface area contributed by atoms with Gasteiger partial charge in [0.2, 0.25) is 0 Å². The van der Waals surface area contributed by atoms with Crippen molar-refractivity contribution in [1.29, 1.82) is 0 Å². The van der Waals surface area contributed by atoms with E-state index in [1.165, 1.54) is 0 Å². The molecule has 0 spiro atoms. The molecule has 0 fully saturated rings. The predicted octanol–water partition coefficient (Wildman–Crippen LogP) is 5.35. The molecular weight excluding hydrogens is 378 g/mol. The molecular formula is C18H19BrClNO2. The molecule has 0 bridgehead atoms. The summed E-state index contributed by atoms with van der Waals surface area (Å²) in [5.41, 5.74) is 4.69. The number of benzene rings is 2. The second-order valence-corrected chi connectivity index (χ2v) is 6.92. The third-order valence-electron chi connectivity index (χ3n) is 3.54. The van der Waals surface area contributed by atoms with Gasteiger partial charge in [-0.1, -0.05) is 27.5 Å². The third-order valence-corrected chi connectivity index (χ3v) is 4.60. The molecule has 0 aliphatic rings. The Balaban J connectivity index is 2.04. The average Bonchev–Trinajstić information content (AvgIpc) is 2.46. The largest absolute Gasteiger partial charge is 0.484 e. The van der Waals surface area contributed by atoms with Crippen molar-refractivity contribution in [3.05, 3.63) is 56.0 Å². The first-order chi connectivity index (χ1) is 10.8. The van der Waals surface area contributed by atoms with Gasteiger partial charge in [-0.2, -0.15) is 0 Å². The fraction of sp³-hybridized carbons (Fsp3) is 0.278. The zero-order valence-corrected chi connectivity index (χ0v) is 15.9. The number of hydrogen-bond donors (Lipinski definition) is 1. The molecule has 5 heteroatoms.